The van der Waals surface area contributed by atoms with Crippen LogP contribution in [-0.4, -0.2) is 40.6 Å². The maximum absolute atomic E-state index is 12.4. The van der Waals surface area contributed by atoms with Gasteiger partial charge in [-0.25, -0.2) is 0 Å². The molecule has 134 valence electrons. The molecule has 2 atom stereocenters. The fraction of sp³-hybridized carbons (Fsp3) is 0.188. The molecule has 1 aliphatic rings. The van der Waals surface area contributed by atoms with Crippen molar-refractivity contribution in [2.24, 2.45) is 10.7 Å². The summed E-state index contributed by atoms with van der Waals surface area (Å²) in [5.74, 6) is -1.39. The van der Waals surface area contributed by atoms with Crippen molar-refractivity contribution >= 4 is 46.8 Å². The fourth-order valence-corrected chi connectivity index (χ4v) is 2.89. The third-order valence-corrected chi connectivity index (χ3v) is 4.73. The highest BCUT2D eigenvalue weighted by Crippen LogP contribution is 2.20. The molecule has 2 heterocycles. The molecule has 0 aliphatic carbocycles. The van der Waals surface area contributed by atoms with Gasteiger partial charge in [0.05, 0.1) is 18.0 Å². The molecular weight excluding hydrogens is 356 g/mol. The van der Waals surface area contributed by atoms with Crippen LogP contribution >= 0.6 is 11.3 Å². The summed E-state index contributed by atoms with van der Waals surface area (Å²) in [4.78, 5) is 44.3. The molecule has 2 aromatic rings. The molecule has 5 N–H and O–H groups in total. The van der Waals surface area contributed by atoms with Gasteiger partial charge in [-0.2, -0.15) is 0 Å². The molecule has 2 unspecified atom stereocenters. The van der Waals surface area contributed by atoms with Crippen LogP contribution in [0.2, 0.25) is 0 Å². The van der Waals surface area contributed by atoms with E-state index in [1.165, 1.54) is 30.8 Å². The van der Waals surface area contributed by atoms with Crippen LogP contribution in [0.1, 0.15) is 16.6 Å². The van der Waals surface area contributed by atoms with Gasteiger partial charge >= 0.3 is 0 Å². The molecule has 0 bridgehead atoms. The lowest BCUT2D eigenvalue weighted by Crippen LogP contribution is -2.59. The predicted molar refractivity (Wildman–Crippen MR) is 98.2 cm³/mol. The zero-order valence-corrected chi connectivity index (χ0v) is 14.5. The van der Waals surface area contributed by atoms with E-state index in [1.807, 2.05) is 0 Å². The highest BCUT2D eigenvalue weighted by molar-refractivity contribution is 7.11. The van der Waals surface area contributed by atoms with Crippen molar-refractivity contribution in [3.8, 4) is 0 Å². The highest BCUT2D eigenvalue weighted by atomic mass is 32.1. The Morgan fingerprint density at radius 1 is 1.19 bits per heavy atom. The van der Waals surface area contributed by atoms with E-state index < -0.39 is 23.4 Å². The number of carbonyl (C=O) groups excluding carboxylic acids is 3. The lowest BCUT2D eigenvalue weighted by molar-refractivity contribution is -0.128. The summed E-state index contributed by atoms with van der Waals surface area (Å²) in [5, 5.41) is 8.13. The number of carbonyl (C=O) groups is 3. The van der Waals surface area contributed by atoms with Crippen LogP contribution in [0.25, 0.3) is 0 Å². The van der Waals surface area contributed by atoms with E-state index in [-0.39, 0.29) is 5.91 Å². The molecule has 26 heavy (non-hydrogen) atoms. The molecule has 1 aliphatic heterocycles. The maximum Gasteiger partial charge on any atom is 0.267 e. The van der Waals surface area contributed by atoms with Gasteiger partial charge in [-0.15, -0.1) is 11.3 Å². The molecule has 0 fully saturated rings. The standard InChI is InChI=1S/C16H16N6O3S/c1-16(15(17)25)12(19-7-20-16)14(24)22-10-4-2-9(3-5-10)21-13(23)11-6-18-8-26-11/h2-8,12H,1H3,(H2,17,25)(H,19,20)(H,21,23)(H,22,24). The second kappa shape index (κ2) is 6.92. The minimum atomic E-state index is -1.27. The number of amides is 3. The molecular formula is C16H16N6O3S. The Hall–Kier alpha value is -3.27. The molecule has 3 amide bonds. The number of nitrogens with one attached hydrogen (secondary N) is 3. The Kier molecular flexibility index (Phi) is 4.67. The summed E-state index contributed by atoms with van der Waals surface area (Å²) < 4.78 is 0. The molecule has 1 aromatic carbocycles. The highest BCUT2D eigenvalue weighted by Gasteiger charge is 2.46. The topological polar surface area (TPSA) is 139 Å². The smallest absolute Gasteiger partial charge is 0.267 e. The molecule has 0 spiro atoms. The Bertz CT molecular complexity index is 865. The van der Waals surface area contributed by atoms with Crippen molar-refractivity contribution in [3.63, 3.8) is 0 Å². The average molecular weight is 372 g/mol. The number of hydrogen-bond acceptors (Lipinski definition) is 7. The van der Waals surface area contributed by atoms with E-state index in [9.17, 15) is 14.4 Å². The minimum Gasteiger partial charge on any atom is -0.368 e. The van der Waals surface area contributed by atoms with Crippen LogP contribution in [0.4, 0.5) is 11.4 Å². The van der Waals surface area contributed by atoms with Crippen LogP contribution in [0.5, 0.6) is 0 Å². The molecule has 3 rings (SSSR count). The van der Waals surface area contributed by atoms with Gasteiger partial charge in [0.1, 0.15) is 10.4 Å². The zero-order valence-electron chi connectivity index (χ0n) is 13.7. The van der Waals surface area contributed by atoms with E-state index in [4.69, 9.17) is 5.73 Å². The van der Waals surface area contributed by atoms with Crippen LogP contribution < -0.4 is 21.7 Å². The van der Waals surface area contributed by atoms with E-state index in [0.29, 0.717) is 16.3 Å². The van der Waals surface area contributed by atoms with E-state index in [1.54, 1.807) is 29.8 Å². The Balaban J connectivity index is 1.64. The van der Waals surface area contributed by atoms with E-state index >= 15 is 0 Å². The van der Waals surface area contributed by atoms with Crippen LogP contribution in [-0.2, 0) is 9.59 Å². The van der Waals surface area contributed by atoms with Crippen molar-refractivity contribution in [3.05, 3.63) is 40.8 Å². The monoisotopic (exact) mass is 372 g/mol. The second-order valence-electron chi connectivity index (χ2n) is 5.78. The van der Waals surface area contributed by atoms with Crippen molar-refractivity contribution in [1.29, 1.82) is 0 Å². The predicted octanol–water partition coefficient (Wildman–Crippen LogP) is 0.578. The first-order valence-electron chi connectivity index (χ1n) is 7.60. The SMILES string of the molecule is CC1(C(N)=O)NC=NC1C(=O)Nc1ccc(NC(=O)c2cncs2)cc1. The maximum atomic E-state index is 12.4. The summed E-state index contributed by atoms with van der Waals surface area (Å²) in [6.07, 6.45) is 2.79. The van der Waals surface area contributed by atoms with E-state index in [0.717, 1.165) is 0 Å². The molecule has 9 nitrogen and oxygen atoms in total. The Morgan fingerprint density at radius 2 is 1.85 bits per heavy atom. The number of aliphatic imine (C=N–C) groups is 1. The lowest BCUT2D eigenvalue weighted by Gasteiger charge is -2.26. The summed E-state index contributed by atoms with van der Waals surface area (Å²) in [6, 6.07) is 5.60. The number of primary amides is 1. The lowest BCUT2D eigenvalue weighted by atomic mass is 9.92. The molecule has 0 radical (unpaired) electrons. The van der Waals surface area contributed by atoms with Crippen molar-refractivity contribution in [2.45, 2.75) is 18.5 Å². The largest absolute Gasteiger partial charge is 0.368 e. The summed E-state index contributed by atoms with van der Waals surface area (Å²) in [6.45, 7) is 1.52. The summed E-state index contributed by atoms with van der Waals surface area (Å²) >= 11 is 1.24. The number of rotatable bonds is 5. The number of thiazole rings is 1. The van der Waals surface area contributed by atoms with Gasteiger partial charge in [-0.1, -0.05) is 0 Å². The van der Waals surface area contributed by atoms with Crippen molar-refractivity contribution < 1.29 is 14.4 Å². The normalized spacial score (nSPS) is 21.0. The van der Waals surface area contributed by atoms with Crippen LogP contribution in [0.15, 0.2) is 41.0 Å². The Labute approximate surface area is 152 Å². The third kappa shape index (κ3) is 3.40. The van der Waals surface area contributed by atoms with Crippen molar-refractivity contribution in [2.75, 3.05) is 10.6 Å². The Morgan fingerprint density at radius 3 is 2.42 bits per heavy atom. The van der Waals surface area contributed by atoms with Gasteiger partial charge < -0.3 is 21.7 Å². The third-order valence-electron chi connectivity index (χ3n) is 3.96. The quantitative estimate of drug-likeness (QED) is 0.608. The van der Waals surface area contributed by atoms with E-state index in [2.05, 4.69) is 25.9 Å². The molecule has 0 saturated heterocycles. The second-order valence-corrected chi connectivity index (χ2v) is 6.66. The average Bonchev–Trinajstić information content (AvgIpc) is 3.27. The first-order valence-corrected chi connectivity index (χ1v) is 8.48. The number of benzene rings is 1. The van der Waals surface area contributed by atoms with Crippen LogP contribution in [0.3, 0.4) is 0 Å². The number of nitrogens with two attached hydrogens (primary N) is 1. The summed E-state index contributed by atoms with van der Waals surface area (Å²) in [7, 11) is 0. The van der Waals surface area contributed by atoms with Gasteiger partial charge in [-0.3, -0.25) is 24.4 Å². The number of hydrogen-bond donors (Lipinski definition) is 4. The number of anilines is 2. The van der Waals surface area contributed by atoms with Crippen molar-refractivity contribution in [1.82, 2.24) is 10.3 Å². The van der Waals surface area contributed by atoms with Gasteiger partial charge in [0.15, 0.2) is 6.04 Å². The first-order chi connectivity index (χ1) is 12.4. The summed E-state index contributed by atoms with van der Waals surface area (Å²) in [5.41, 5.74) is 6.73. The fourth-order valence-electron chi connectivity index (χ4n) is 2.38. The molecule has 10 heteroatoms. The van der Waals surface area contributed by atoms with Gasteiger partial charge in [0.2, 0.25) is 5.91 Å². The van der Waals surface area contributed by atoms with Gasteiger partial charge in [-0.05, 0) is 31.2 Å². The van der Waals surface area contributed by atoms with Gasteiger partial charge in [0.25, 0.3) is 11.8 Å². The molecule has 1 aromatic heterocycles. The number of aromatic nitrogens is 1. The zero-order chi connectivity index (χ0) is 18.7. The molecule has 0 saturated carbocycles. The van der Waals surface area contributed by atoms with Gasteiger partial charge in [0, 0.05) is 11.4 Å². The number of nitrogens with zero attached hydrogens (tertiary/aromatic N) is 2. The van der Waals surface area contributed by atoms with Crippen LogP contribution in [0, 0.1) is 0 Å². The first kappa shape index (κ1) is 17.5. The minimum absolute atomic E-state index is 0.257.